The molecule has 0 aliphatic carbocycles. The molecule has 4 rings (SSSR count). The second-order valence-corrected chi connectivity index (χ2v) is 7.36. The number of aromatic amines is 1. The van der Waals surface area contributed by atoms with E-state index in [-0.39, 0.29) is 5.91 Å². The summed E-state index contributed by atoms with van der Waals surface area (Å²) in [6.07, 6.45) is 9.32. The summed E-state index contributed by atoms with van der Waals surface area (Å²) in [5, 5.41) is 3.17. The SMILES string of the molecule is O=C(CCc1nc2ncccc2[nH]1)NC[C@H]1CCCN2CCCC[C@H]12. The molecule has 2 fully saturated rings. The van der Waals surface area contributed by atoms with Crippen LogP contribution >= 0.6 is 0 Å². The number of hydrogen-bond donors (Lipinski definition) is 2. The number of hydrogen-bond acceptors (Lipinski definition) is 4. The highest BCUT2D eigenvalue weighted by atomic mass is 16.1. The number of nitrogens with zero attached hydrogens (tertiary/aromatic N) is 3. The molecule has 0 spiro atoms. The Morgan fingerprint density at radius 1 is 1.28 bits per heavy atom. The number of H-pyrrole nitrogens is 1. The first kappa shape index (κ1) is 16.5. The third-order valence-corrected chi connectivity index (χ3v) is 5.69. The van der Waals surface area contributed by atoms with E-state index >= 15 is 0 Å². The zero-order valence-electron chi connectivity index (χ0n) is 14.7. The molecule has 2 aliphatic rings. The van der Waals surface area contributed by atoms with E-state index in [0.717, 1.165) is 23.5 Å². The molecule has 1 amide bonds. The zero-order chi connectivity index (χ0) is 17.1. The van der Waals surface area contributed by atoms with Crippen LogP contribution < -0.4 is 5.32 Å². The van der Waals surface area contributed by atoms with Crippen molar-refractivity contribution in [2.24, 2.45) is 5.92 Å². The van der Waals surface area contributed by atoms with Crippen LogP contribution in [0.1, 0.15) is 44.3 Å². The van der Waals surface area contributed by atoms with Gasteiger partial charge in [0.25, 0.3) is 0 Å². The summed E-state index contributed by atoms with van der Waals surface area (Å²) >= 11 is 0. The van der Waals surface area contributed by atoms with Crippen LogP contribution in [-0.4, -0.2) is 51.4 Å². The molecule has 2 saturated heterocycles. The molecule has 2 aliphatic heterocycles. The maximum absolute atomic E-state index is 12.3. The number of carbonyl (C=O) groups excluding carboxylic acids is 1. The molecule has 6 nitrogen and oxygen atoms in total. The third-order valence-electron chi connectivity index (χ3n) is 5.69. The number of imidazole rings is 1. The Bertz CT molecular complexity index is 692. The van der Waals surface area contributed by atoms with Crippen molar-refractivity contribution in [3.8, 4) is 0 Å². The van der Waals surface area contributed by atoms with Gasteiger partial charge in [0, 0.05) is 31.6 Å². The number of pyridine rings is 1. The van der Waals surface area contributed by atoms with Crippen LogP contribution in [0.15, 0.2) is 18.3 Å². The van der Waals surface area contributed by atoms with Gasteiger partial charge in [-0.2, -0.15) is 0 Å². The molecule has 0 bridgehead atoms. The van der Waals surface area contributed by atoms with Gasteiger partial charge in [0.15, 0.2) is 5.65 Å². The fourth-order valence-electron chi connectivity index (χ4n) is 4.39. The average Bonchev–Trinajstić information content (AvgIpc) is 3.07. The zero-order valence-corrected chi connectivity index (χ0v) is 14.7. The van der Waals surface area contributed by atoms with E-state index in [1.807, 2.05) is 12.1 Å². The van der Waals surface area contributed by atoms with E-state index in [2.05, 4.69) is 25.2 Å². The highest BCUT2D eigenvalue weighted by Gasteiger charge is 2.32. The minimum atomic E-state index is 0.126. The summed E-state index contributed by atoms with van der Waals surface area (Å²) in [5.41, 5.74) is 1.65. The van der Waals surface area contributed by atoms with Crippen LogP contribution in [-0.2, 0) is 11.2 Å². The monoisotopic (exact) mass is 341 g/mol. The van der Waals surface area contributed by atoms with E-state index < -0.39 is 0 Å². The lowest BCUT2D eigenvalue weighted by atomic mass is 9.83. The topological polar surface area (TPSA) is 73.9 Å². The summed E-state index contributed by atoms with van der Waals surface area (Å²) < 4.78 is 0. The van der Waals surface area contributed by atoms with Gasteiger partial charge in [0.1, 0.15) is 5.82 Å². The van der Waals surface area contributed by atoms with E-state index in [1.165, 1.54) is 45.2 Å². The average molecular weight is 341 g/mol. The number of aryl methyl sites for hydroxylation is 1. The van der Waals surface area contributed by atoms with Gasteiger partial charge in [-0.3, -0.25) is 4.79 Å². The van der Waals surface area contributed by atoms with Crippen molar-refractivity contribution in [3.63, 3.8) is 0 Å². The molecule has 2 aromatic heterocycles. The highest BCUT2D eigenvalue weighted by molar-refractivity contribution is 5.76. The normalized spacial score (nSPS) is 24.2. The molecule has 134 valence electrons. The molecule has 2 N–H and O–H groups in total. The van der Waals surface area contributed by atoms with Gasteiger partial charge in [0.05, 0.1) is 5.52 Å². The van der Waals surface area contributed by atoms with Gasteiger partial charge < -0.3 is 15.2 Å². The maximum atomic E-state index is 12.3. The minimum Gasteiger partial charge on any atom is -0.356 e. The Morgan fingerprint density at radius 3 is 3.12 bits per heavy atom. The summed E-state index contributed by atoms with van der Waals surface area (Å²) in [6.45, 7) is 3.31. The van der Waals surface area contributed by atoms with Gasteiger partial charge >= 0.3 is 0 Å². The summed E-state index contributed by atoms with van der Waals surface area (Å²) in [4.78, 5) is 26.8. The fraction of sp³-hybridized carbons (Fsp3) is 0.632. The number of nitrogens with one attached hydrogen (secondary N) is 2. The Hall–Kier alpha value is -1.95. The first-order chi connectivity index (χ1) is 12.3. The van der Waals surface area contributed by atoms with Gasteiger partial charge in [-0.1, -0.05) is 6.42 Å². The number of carbonyl (C=O) groups is 1. The molecule has 0 radical (unpaired) electrons. The van der Waals surface area contributed by atoms with Crippen LogP contribution in [0.5, 0.6) is 0 Å². The number of piperidine rings is 2. The van der Waals surface area contributed by atoms with Gasteiger partial charge in [0.2, 0.25) is 5.91 Å². The second-order valence-electron chi connectivity index (χ2n) is 7.36. The molecule has 0 saturated carbocycles. The van der Waals surface area contributed by atoms with E-state index in [0.29, 0.717) is 24.8 Å². The molecular formula is C19H27N5O. The van der Waals surface area contributed by atoms with E-state index in [1.54, 1.807) is 6.20 Å². The van der Waals surface area contributed by atoms with E-state index in [9.17, 15) is 4.79 Å². The standard InChI is InChI=1S/C19H27N5O/c25-18(9-8-17-22-15-6-3-10-20-19(15)23-17)21-13-14-5-4-12-24-11-2-1-7-16(14)24/h3,6,10,14,16H,1-2,4-5,7-9,11-13H2,(H,21,25)(H,20,22,23)/t14-,16-/m1/s1. The van der Waals surface area contributed by atoms with Crippen molar-refractivity contribution in [3.05, 3.63) is 24.2 Å². The quantitative estimate of drug-likeness (QED) is 0.875. The fourth-order valence-corrected chi connectivity index (χ4v) is 4.39. The number of aromatic nitrogens is 3. The minimum absolute atomic E-state index is 0.126. The number of fused-ring (bicyclic) bond motifs is 2. The van der Waals surface area contributed by atoms with Gasteiger partial charge in [-0.25, -0.2) is 9.97 Å². The molecule has 2 aromatic rings. The molecule has 2 atom stereocenters. The van der Waals surface area contributed by atoms with Crippen molar-refractivity contribution in [2.75, 3.05) is 19.6 Å². The largest absolute Gasteiger partial charge is 0.356 e. The van der Waals surface area contributed by atoms with Crippen LogP contribution in [0.4, 0.5) is 0 Å². The van der Waals surface area contributed by atoms with Crippen molar-refractivity contribution in [1.82, 2.24) is 25.2 Å². The van der Waals surface area contributed by atoms with Crippen molar-refractivity contribution < 1.29 is 4.79 Å². The molecule has 0 aromatic carbocycles. The second kappa shape index (κ2) is 7.52. The Labute approximate surface area is 148 Å². The van der Waals surface area contributed by atoms with Gasteiger partial charge in [-0.15, -0.1) is 0 Å². The summed E-state index contributed by atoms with van der Waals surface area (Å²) in [7, 11) is 0. The number of rotatable bonds is 5. The molecule has 25 heavy (non-hydrogen) atoms. The van der Waals surface area contributed by atoms with Crippen LogP contribution in [0, 0.1) is 5.92 Å². The lowest BCUT2D eigenvalue weighted by Gasteiger charge is -2.44. The summed E-state index contributed by atoms with van der Waals surface area (Å²) in [5.74, 6) is 1.58. The predicted molar refractivity (Wildman–Crippen MR) is 97.2 cm³/mol. The summed E-state index contributed by atoms with van der Waals surface area (Å²) in [6, 6.07) is 4.53. The van der Waals surface area contributed by atoms with Gasteiger partial charge in [-0.05, 0) is 56.8 Å². The van der Waals surface area contributed by atoms with Crippen LogP contribution in [0.3, 0.4) is 0 Å². The van der Waals surface area contributed by atoms with Crippen molar-refractivity contribution in [2.45, 2.75) is 51.0 Å². The first-order valence-corrected chi connectivity index (χ1v) is 9.60. The Morgan fingerprint density at radius 2 is 2.20 bits per heavy atom. The van der Waals surface area contributed by atoms with Crippen molar-refractivity contribution in [1.29, 1.82) is 0 Å². The predicted octanol–water partition coefficient (Wildman–Crippen LogP) is 2.27. The van der Waals surface area contributed by atoms with Crippen molar-refractivity contribution >= 4 is 17.1 Å². The lowest BCUT2D eigenvalue weighted by Crippen LogP contribution is -2.51. The Kier molecular flexibility index (Phi) is 4.97. The smallest absolute Gasteiger partial charge is 0.220 e. The third kappa shape index (κ3) is 3.84. The Balaban J connectivity index is 1.26. The molecule has 0 unspecified atom stereocenters. The molecular weight excluding hydrogens is 314 g/mol. The highest BCUT2D eigenvalue weighted by Crippen LogP contribution is 2.30. The van der Waals surface area contributed by atoms with E-state index in [4.69, 9.17) is 0 Å². The van der Waals surface area contributed by atoms with Crippen LogP contribution in [0.2, 0.25) is 0 Å². The first-order valence-electron chi connectivity index (χ1n) is 9.60. The number of amides is 1. The molecule has 4 heterocycles. The maximum Gasteiger partial charge on any atom is 0.220 e. The van der Waals surface area contributed by atoms with Crippen LogP contribution in [0.25, 0.3) is 11.2 Å². The lowest BCUT2D eigenvalue weighted by molar-refractivity contribution is -0.121. The molecule has 6 heteroatoms.